The van der Waals surface area contributed by atoms with Gasteiger partial charge in [0.2, 0.25) is 0 Å². The number of methoxy groups -OCH3 is 1. The van der Waals surface area contributed by atoms with Crippen LogP contribution in [0, 0.1) is 11.3 Å². The minimum atomic E-state index is 0.710. The van der Waals surface area contributed by atoms with Gasteiger partial charge in [-0.3, -0.25) is 0 Å². The first kappa shape index (κ1) is 14.0. The molecule has 0 aromatic heterocycles. The molecule has 0 amide bonds. The van der Waals surface area contributed by atoms with E-state index in [0.717, 1.165) is 26.4 Å². The van der Waals surface area contributed by atoms with Crippen molar-refractivity contribution < 1.29 is 4.74 Å². The topological polar surface area (TPSA) is 33.0 Å². The van der Waals surface area contributed by atoms with Crippen LogP contribution in [0.15, 0.2) is 51.8 Å². The van der Waals surface area contributed by atoms with Gasteiger partial charge in [-0.15, -0.1) is 11.8 Å². The van der Waals surface area contributed by atoms with Crippen LogP contribution in [-0.4, -0.2) is 7.11 Å². The number of thioether (sulfide) groups is 1. The highest BCUT2D eigenvalue weighted by Crippen LogP contribution is 2.31. The fraction of sp³-hybridized carbons (Fsp3) is 0.133. The summed E-state index contributed by atoms with van der Waals surface area (Å²) in [7, 11) is 1.67. The smallest absolute Gasteiger partial charge is 0.122 e. The highest BCUT2D eigenvalue weighted by Gasteiger charge is 2.07. The van der Waals surface area contributed by atoms with E-state index < -0.39 is 0 Å². The molecule has 0 atom stereocenters. The normalized spacial score (nSPS) is 9.95. The zero-order chi connectivity index (χ0) is 13.7. The summed E-state index contributed by atoms with van der Waals surface area (Å²) in [5.41, 5.74) is 1.82. The molecule has 2 aromatic carbocycles. The van der Waals surface area contributed by atoms with Gasteiger partial charge in [0.1, 0.15) is 11.8 Å². The van der Waals surface area contributed by atoms with Crippen molar-refractivity contribution in [2.45, 2.75) is 10.6 Å². The molecule has 2 rings (SSSR count). The minimum absolute atomic E-state index is 0.710. The van der Waals surface area contributed by atoms with E-state index in [-0.39, 0.29) is 0 Å². The van der Waals surface area contributed by atoms with Gasteiger partial charge in [-0.2, -0.15) is 5.26 Å². The van der Waals surface area contributed by atoms with Crippen molar-refractivity contribution in [2.75, 3.05) is 7.11 Å². The molecule has 0 heterocycles. The lowest BCUT2D eigenvalue weighted by molar-refractivity contribution is 0.411. The zero-order valence-corrected chi connectivity index (χ0v) is 12.8. The molecule has 0 saturated heterocycles. The van der Waals surface area contributed by atoms with Crippen molar-refractivity contribution in [2.24, 2.45) is 0 Å². The number of halogens is 1. The van der Waals surface area contributed by atoms with Crippen LogP contribution in [0.1, 0.15) is 11.1 Å². The molecule has 0 bridgehead atoms. The third kappa shape index (κ3) is 3.52. The van der Waals surface area contributed by atoms with E-state index in [4.69, 9.17) is 10.00 Å². The van der Waals surface area contributed by atoms with E-state index >= 15 is 0 Å². The lowest BCUT2D eigenvalue weighted by Crippen LogP contribution is -1.91. The second-order valence-corrected chi connectivity index (χ2v) is 5.79. The van der Waals surface area contributed by atoms with Gasteiger partial charge < -0.3 is 4.74 Å². The van der Waals surface area contributed by atoms with Gasteiger partial charge in [0.25, 0.3) is 0 Å². The van der Waals surface area contributed by atoms with Gasteiger partial charge >= 0.3 is 0 Å². The molecular weight excluding hydrogens is 322 g/mol. The summed E-state index contributed by atoms with van der Waals surface area (Å²) in [5, 5.41) is 9.06. The first-order valence-electron chi connectivity index (χ1n) is 5.69. The van der Waals surface area contributed by atoms with E-state index in [1.54, 1.807) is 18.9 Å². The summed E-state index contributed by atoms with van der Waals surface area (Å²) in [4.78, 5) is 0.993. The fourth-order valence-electron chi connectivity index (χ4n) is 1.70. The van der Waals surface area contributed by atoms with Crippen LogP contribution in [0.5, 0.6) is 5.75 Å². The highest BCUT2D eigenvalue weighted by atomic mass is 79.9. The molecule has 0 spiro atoms. The lowest BCUT2D eigenvalue weighted by atomic mass is 10.2. The van der Waals surface area contributed by atoms with E-state index in [2.05, 4.69) is 22.0 Å². The Bertz CT molecular complexity index is 622. The summed E-state index contributed by atoms with van der Waals surface area (Å²) < 4.78 is 6.37. The number of nitriles is 1. The Balaban J connectivity index is 2.19. The summed E-state index contributed by atoms with van der Waals surface area (Å²) in [6, 6.07) is 15.8. The standard InChI is InChI=1S/C15H12BrNOS/c1-18-14-7-6-13(16)8-12(14)10-19-15-5-3-2-4-11(15)9-17/h2-8H,10H2,1H3. The quantitative estimate of drug-likeness (QED) is 0.765. The third-order valence-corrected chi connectivity index (χ3v) is 4.25. The van der Waals surface area contributed by atoms with Crippen molar-refractivity contribution >= 4 is 27.7 Å². The monoisotopic (exact) mass is 333 g/mol. The number of nitrogens with zero attached hydrogens (tertiary/aromatic N) is 1. The van der Waals surface area contributed by atoms with Crippen LogP contribution >= 0.6 is 27.7 Å². The Morgan fingerprint density at radius 1 is 1.26 bits per heavy atom. The van der Waals surface area contributed by atoms with Crippen LogP contribution in [0.25, 0.3) is 0 Å². The first-order valence-corrected chi connectivity index (χ1v) is 7.47. The van der Waals surface area contributed by atoms with Crippen LogP contribution in [0.4, 0.5) is 0 Å². The Labute approximate surface area is 125 Å². The molecule has 0 fully saturated rings. The Morgan fingerprint density at radius 2 is 2.05 bits per heavy atom. The van der Waals surface area contributed by atoms with Gasteiger partial charge in [-0.1, -0.05) is 28.1 Å². The zero-order valence-electron chi connectivity index (χ0n) is 10.4. The van der Waals surface area contributed by atoms with Crippen LogP contribution in [0.2, 0.25) is 0 Å². The average Bonchev–Trinajstić information content (AvgIpc) is 2.45. The largest absolute Gasteiger partial charge is 0.496 e. The van der Waals surface area contributed by atoms with Gasteiger partial charge in [-0.25, -0.2) is 0 Å². The molecule has 19 heavy (non-hydrogen) atoms. The predicted molar refractivity (Wildman–Crippen MR) is 81.4 cm³/mol. The average molecular weight is 334 g/mol. The second kappa shape index (κ2) is 6.65. The van der Waals surface area contributed by atoms with Crippen LogP contribution < -0.4 is 4.74 Å². The van der Waals surface area contributed by atoms with Crippen molar-refractivity contribution in [3.05, 3.63) is 58.1 Å². The maximum Gasteiger partial charge on any atom is 0.122 e. The number of hydrogen-bond acceptors (Lipinski definition) is 3. The molecule has 2 nitrogen and oxygen atoms in total. The summed E-state index contributed by atoms with van der Waals surface area (Å²) in [5.74, 6) is 1.63. The van der Waals surface area contributed by atoms with Crippen molar-refractivity contribution in [1.82, 2.24) is 0 Å². The van der Waals surface area contributed by atoms with Gasteiger partial charge in [0, 0.05) is 20.7 Å². The number of hydrogen-bond donors (Lipinski definition) is 0. The molecule has 0 unspecified atom stereocenters. The molecule has 0 saturated carbocycles. The van der Waals surface area contributed by atoms with Gasteiger partial charge in [0.05, 0.1) is 12.7 Å². The Morgan fingerprint density at radius 3 is 2.79 bits per heavy atom. The SMILES string of the molecule is COc1ccc(Br)cc1CSc1ccccc1C#N. The maximum atomic E-state index is 9.06. The minimum Gasteiger partial charge on any atom is -0.496 e. The third-order valence-electron chi connectivity index (χ3n) is 2.63. The van der Waals surface area contributed by atoms with E-state index in [1.807, 2.05) is 42.5 Å². The summed E-state index contributed by atoms with van der Waals surface area (Å²) in [6.45, 7) is 0. The molecule has 0 aliphatic heterocycles. The molecule has 2 aromatic rings. The lowest BCUT2D eigenvalue weighted by Gasteiger charge is -2.09. The van der Waals surface area contributed by atoms with E-state index in [1.165, 1.54) is 0 Å². The molecule has 0 aliphatic carbocycles. The molecular formula is C15H12BrNOS. The highest BCUT2D eigenvalue weighted by molar-refractivity contribution is 9.10. The predicted octanol–water partition coefficient (Wildman–Crippen LogP) is 4.62. The van der Waals surface area contributed by atoms with Gasteiger partial charge in [0.15, 0.2) is 0 Å². The number of benzene rings is 2. The van der Waals surface area contributed by atoms with Crippen LogP contribution in [-0.2, 0) is 5.75 Å². The molecule has 0 aliphatic rings. The molecule has 0 N–H and O–H groups in total. The van der Waals surface area contributed by atoms with Crippen molar-refractivity contribution in [3.63, 3.8) is 0 Å². The molecule has 4 heteroatoms. The first-order chi connectivity index (χ1) is 9.24. The number of rotatable bonds is 4. The van der Waals surface area contributed by atoms with E-state index in [0.29, 0.717) is 5.56 Å². The van der Waals surface area contributed by atoms with Crippen molar-refractivity contribution in [1.29, 1.82) is 5.26 Å². The summed E-state index contributed by atoms with van der Waals surface area (Å²) in [6.07, 6.45) is 0. The fourth-order valence-corrected chi connectivity index (χ4v) is 3.09. The molecule has 96 valence electrons. The summed E-state index contributed by atoms with van der Waals surface area (Å²) >= 11 is 5.10. The molecule has 0 radical (unpaired) electrons. The van der Waals surface area contributed by atoms with Crippen molar-refractivity contribution in [3.8, 4) is 11.8 Å². The number of ether oxygens (including phenoxy) is 1. The maximum absolute atomic E-state index is 9.06. The Hall–Kier alpha value is -1.44. The van der Waals surface area contributed by atoms with E-state index in [9.17, 15) is 0 Å². The second-order valence-electron chi connectivity index (χ2n) is 3.85. The van der Waals surface area contributed by atoms with Gasteiger partial charge in [-0.05, 0) is 30.3 Å². The van der Waals surface area contributed by atoms with Crippen LogP contribution in [0.3, 0.4) is 0 Å². The Kier molecular flexibility index (Phi) is 4.89.